The van der Waals surface area contributed by atoms with Gasteiger partial charge in [-0.1, -0.05) is 29.3 Å². The van der Waals surface area contributed by atoms with Gasteiger partial charge >= 0.3 is 0 Å². The molecule has 8 heteroatoms. The standard InChI is InChI=1S/C12H6Cl2N2O4/c13-7-1-3-9(11(14)5-7)10-4-2-8(15(17)18)6-12(10)16(19)20/h1-6H. The van der Waals surface area contributed by atoms with Crippen molar-refractivity contribution in [3.05, 3.63) is 66.7 Å². The molecule has 2 rings (SSSR count). The van der Waals surface area contributed by atoms with Gasteiger partial charge < -0.3 is 0 Å². The topological polar surface area (TPSA) is 86.3 Å². The molecule has 0 aliphatic heterocycles. The number of hydrogen-bond donors (Lipinski definition) is 0. The van der Waals surface area contributed by atoms with Gasteiger partial charge in [-0.3, -0.25) is 20.2 Å². The summed E-state index contributed by atoms with van der Waals surface area (Å²) in [4.78, 5) is 20.4. The fraction of sp³-hybridized carbons (Fsp3) is 0. The second kappa shape index (κ2) is 5.44. The van der Waals surface area contributed by atoms with Gasteiger partial charge in [0.25, 0.3) is 11.4 Å². The van der Waals surface area contributed by atoms with Gasteiger partial charge in [-0.05, 0) is 18.2 Å². The first-order chi connectivity index (χ1) is 9.40. The lowest BCUT2D eigenvalue weighted by Gasteiger charge is -2.06. The number of nitrogens with zero attached hydrogens (tertiary/aromatic N) is 2. The van der Waals surface area contributed by atoms with Crippen molar-refractivity contribution in [2.75, 3.05) is 0 Å². The maximum absolute atomic E-state index is 11.1. The van der Waals surface area contributed by atoms with Crippen LogP contribution in [0, 0.1) is 20.2 Å². The van der Waals surface area contributed by atoms with Crippen molar-refractivity contribution in [1.29, 1.82) is 0 Å². The summed E-state index contributed by atoms with van der Waals surface area (Å²) >= 11 is 11.8. The molecule has 0 aliphatic rings. The normalized spacial score (nSPS) is 10.3. The molecule has 102 valence electrons. The SMILES string of the molecule is O=[N+]([O-])c1ccc(-c2ccc(Cl)cc2Cl)c([N+](=O)[O-])c1. The second-order valence-electron chi connectivity index (χ2n) is 3.84. The predicted octanol–water partition coefficient (Wildman–Crippen LogP) is 4.48. The van der Waals surface area contributed by atoms with E-state index in [9.17, 15) is 20.2 Å². The van der Waals surface area contributed by atoms with Crippen molar-refractivity contribution < 1.29 is 9.85 Å². The molecule has 0 N–H and O–H groups in total. The van der Waals surface area contributed by atoms with E-state index in [2.05, 4.69) is 0 Å². The van der Waals surface area contributed by atoms with Crippen molar-refractivity contribution in [3.8, 4) is 11.1 Å². The molecule has 2 aromatic rings. The fourth-order valence-corrected chi connectivity index (χ4v) is 2.23. The Balaban J connectivity index is 2.67. The maximum atomic E-state index is 11.1. The molecule has 0 unspecified atom stereocenters. The third-order valence-corrected chi connectivity index (χ3v) is 3.16. The molecule has 2 aromatic carbocycles. The van der Waals surface area contributed by atoms with Crippen molar-refractivity contribution >= 4 is 34.6 Å². The summed E-state index contributed by atoms with van der Waals surface area (Å²) < 4.78 is 0. The van der Waals surface area contributed by atoms with E-state index < -0.39 is 9.85 Å². The van der Waals surface area contributed by atoms with Gasteiger partial charge in [0.05, 0.1) is 26.5 Å². The Labute approximate surface area is 122 Å². The first-order valence-electron chi connectivity index (χ1n) is 5.28. The highest BCUT2D eigenvalue weighted by molar-refractivity contribution is 6.36. The molecule has 0 fully saturated rings. The van der Waals surface area contributed by atoms with Crippen LogP contribution in [0.3, 0.4) is 0 Å². The van der Waals surface area contributed by atoms with Crippen molar-refractivity contribution in [2.24, 2.45) is 0 Å². The summed E-state index contributed by atoms with van der Waals surface area (Å²) in [6, 6.07) is 7.90. The van der Waals surface area contributed by atoms with Crippen LogP contribution in [0.2, 0.25) is 10.0 Å². The smallest absolute Gasteiger partial charge is 0.258 e. The van der Waals surface area contributed by atoms with E-state index in [0.29, 0.717) is 10.6 Å². The monoisotopic (exact) mass is 312 g/mol. The molecule has 0 bridgehead atoms. The van der Waals surface area contributed by atoms with E-state index in [0.717, 1.165) is 6.07 Å². The Morgan fingerprint density at radius 3 is 2.05 bits per heavy atom. The van der Waals surface area contributed by atoms with Crippen LogP contribution >= 0.6 is 23.2 Å². The summed E-state index contributed by atoms with van der Waals surface area (Å²) in [5, 5.41) is 22.4. The zero-order valence-corrected chi connectivity index (χ0v) is 11.3. The number of rotatable bonds is 3. The van der Waals surface area contributed by atoms with E-state index in [-0.39, 0.29) is 22.0 Å². The van der Waals surface area contributed by atoms with Crippen LogP contribution in [0.1, 0.15) is 0 Å². The summed E-state index contributed by atoms with van der Waals surface area (Å²) in [7, 11) is 0. The zero-order valence-electron chi connectivity index (χ0n) is 9.75. The molecular weight excluding hydrogens is 307 g/mol. The number of non-ortho nitro benzene ring substituents is 1. The van der Waals surface area contributed by atoms with Gasteiger partial charge in [0.2, 0.25) is 0 Å². The summed E-state index contributed by atoms with van der Waals surface area (Å²) in [5.41, 5.74) is -0.158. The van der Waals surface area contributed by atoms with Crippen LogP contribution < -0.4 is 0 Å². The van der Waals surface area contributed by atoms with Gasteiger partial charge in [0, 0.05) is 16.7 Å². The molecule has 0 atom stereocenters. The summed E-state index contributed by atoms with van der Waals surface area (Å²) in [6.07, 6.45) is 0. The van der Waals surface area contributed by atoms with Crippen LogP contribution in [0.4, 0.5) is 11.4 Å². The highest BCUT2D eigenvalue weighted by Crippen LogP contribution is 2.37. The van der Waals surface area contributed by atoms with Gasteiger partial charge in [-0.25, -0.2) is 0 Å². The van der Waals surface area contributed by atoms with E-state index >= 15 is 0 Å². The van der Waals surface area contributed by atoms with Crippen LogP contribution in [0.25, 0.3) is 11.1 Å². The maximum Gasteiger partial charge on any atom is 0.284 e. The lowest BCUT2D eigenvalue weighted by Crippen LogP contribution is -1.95. The minimum atomic E-state index is -0.694. The van der Waals surface area contributed by atoms with E-state index in [1.165, 1.54) is 30.3 Å². The summed E-state index contributed by atoms with van der Waals surface area (Å²) in [5.74, 6) is 0. The lowest BCUT2D eigenvalue weighted by atomic mass is 10.0. The highest BCUT2D eigenvalue weighted by Gasteiger charge is 2.21. The first-order valence-corrected chi connectivity index (χ1v) is 6.04. The second-order valence-corrected chi connectivity index (χ2v) is 4.68. The van der Waals surface area contributed by atoms with Gasteiger partial charge in [0.15, 0.2) is 0 Å². The fourth-order valence-electron chi connectivity index (χ4n) is 1.72. The molecule has 20 heavy (non-hydrogen) atoms. The Hall–Kier alpha value is -2.18. The first kappa shape index (κ1) is 14.2. The minimum absolute atomic E-state index is 0.197. The van der Waals surface area contributed by atoms with Crippen LogP contribution in [-0.4, -0.2) is 9.85 Å². The molecule has 6 nitrogen and oxygen atoms in total. The van der Waals surface area contributed by atoms with Crippen LogP contribution in [-0.2, 0) is 0 Å². The number of hydrogen-bond acceptors (Lipinski definition) is 4. The number of benzene rings is 2. The molecule has 0 heterocycles. The number of nitro benzene ring substituents is 2. The zero-order chi connectivity index (χ0) is 14.9. The Bertz CT molecular complexity index is 719. The molecule has 0 aliphatic carbocycles. The molecular formula is C12H6Cl2N2O4. The van der Waals surface area contributed by atoms with E-state index in [4.69, 9.17) is 23.2 Å². The Morgan fingerprint density at radius 1 is 0.850 bits per heavy atom. The van der Waals surface area contributed by atoms with Gasteiger partial charge in [0.1, 0.15) is 0 Å². The average molecular weight is 313 g/mol. The average Bonchev–Trinajstić information content (AvgIpc) is 2.38. The van der Waals surface area contributed by atoms with Crippen LogP contribution in [0.15, 0.2) is 36.4 Å². The number of halogens is 2. The van der Waals surface area contributed by atoms with E-state index in [1.807, 2.05) is 0 Å². The third-order valence-electron chi connectivity index (χ3n) is 2.61. The molecule has 0 saturated heterocycles. The quantitative estimate of drug-likeness (QED) is 0.617. The summed E-state index contributed by atoms with van der Waals surface area (Å²) in [6.45, 7) is 0. The molecule has 0 spiro atoms. The Morgan fingerprint density at radius 2 is 1.50 bits per heavy atom. The molecule has 0 radical (unpaired) electrons. The third kappa shape index (κ3) is 2.71. The predicted molar refractivity (Wildman–Crippen MR) is 75.2 cm³/mol. The lowest BCUT2D eigenvalue weighted by molar-refractivity contribution is -0.393. The number of nitro groups is 2. The van der Waals surface area contributed by atoms with Crippen molar-refractivity contribution in [2.45, 2.75) is 0 Å². The molecule has 0 aromatic heterocycles. The van der Waals surface area contributed by atoms with Gasteiger partial charge in [-0.15, -0.1) is 0 Å². The largest absolute Gasteiger partial charge is 0.284 e. The van der Waals surface area contributed by atoms with Crippen LogP contribution in [0.5, 0.6) is 0 Å². The van der Waals surface area contributed by atoms with Gasteiger partial charge in [-0.2, -0.15) is 0 Å². The minimum Gasteiger partial charge on any atom is -0.258 e. The molecule has 0 saturated carbocycles. The highest BCUT2D eigenvalue weighted by atomic mass is 35.5. The molecule has 0 amide bonds. The van der Waals surface area contributed by atoms with E-state index in [1.54, 1.807) is 0 Å². The van der Waals surface area contributed by atoms with Crippen molar-refractivity contribution in [1.82, 2.24) is 0 Å². The van der Waals surface area contributed by atoms with Crippen molar-refractivity contribution in [3.63, 3.8) is 0 Å². The Kier molecular flexibility index (Phi) is 3.87.